The summed E-state index contributed by atoms with van der Waals surface area (Å²) >= 11 is 0. The van der Waals surface area contributed by atoms with Crippen LogP contribution in [0, 0.1) is 0 Å². The smallest absolute Gasteiger partial charge is 0.412 e. The van der Waals surface area contributed by atoms with Gasteiger partial charge in [-0.3, -0.25) is 10.3 Å². The van der Waals surface area contributed by atoms with Crippen molar-refractivity contribution in [1.82, 2.24) is 10.6 Å². The van der Waals surface area contributed by atoms with Crippen molar-refractivity contribution in [2.45, 2.75) is 46.1 Å². The molecule has 0 aromatic heterocycles. The predicted octanol–water partition coefficient (Wildman–Crippen LogP) is 4.70. The zero-order valence-corrected chi connectivity index (χ0v) is 21.6. The Hall–Kier alpha value is -2.49. The minimum Gasteiger partial charge on any atom is -0.508 e. The molecule has 0 fully saturated rings. The third kappa shape index (κ3) is 11.2. The number of guanidine groups is 1. The van der Waals surface area contributed by atoms with Crippen molar-refractivity contribution in [1.29, 1.82) is 0 Å². The first kappa shape index (κ1) is 27.5. The summed E-state index contributed by atoms with van der Waals surface area (Å²) in [6.07, 6.45) is 1.12. The van der Waals surface area contributed by atoms with Gasteiger partial charge >= 0.3 is 6.09 Å². The van der Waals surface area contributed by atoms with Crippen LogP contribution in [0.1, 0.15) is 38.8 Å². The van der Waals surface area contributed by atoms with Gasteiger partial charge in [-0.05, 0) is 75.9 Å². The molecule has 1 amide bonds. The Morgan fingerprint density at radius 3 is 2.38 bits per heavy atom. The number of phenolic OH excluding ortho intramolecular Hbond substituents is 1. The number of hydrogen-bond acceptors (Lipinski definition) is 4. The number of carbonyl (C=O) groups is 1. The molecule has 8 heteroatoms. The summed E-state index contributed by atoms with van der Waals surface area (Å²) in [5, 5.41) is 18.8. The lowest BCUT2D eigenvalue weighted by molar-refractivity contribution is 0.0636. The second-order valence-corrected chi connectivity index (χ2v) is 8.18. The number of aromatic hydroxyl groups is 1. The molecule has 0 spiro atoms. The van der Waals surface area contributed by atoms with Gasteiger partial charge in [0.25, 0.3) is 0 Å². The molecule has 7 nitrogen and oxygen atoms in total. The number of halogens is 1. The SMILES string of the molecule is CCNC(=NCCc1ccc(NC(=O)OC(C)(C)C)cc1)NCCc1cccc(O)c1.I. The lowest BCUT2D eigenvalue weighted by atomic mass is 10.1. The first-order valence-electron chi connectivity index (χ1n) is 10.6. The predicted molar refractivity (Wildman–Crippen MR) is 141 cm³/mol. The standard InChI is InChI=1S/C24H34N4O3.HI/c1-5-25-22(27-16-14-19-7-6-8-21(29)17-19)26-15-13-18-9-11-20(12-10-18)28-23(30)31-24(2,3)4;/h6-12,17,29H,5,13-16H2,1-4H3,(H,28,30)(H2,25,26,27);1H. The number of phenols is 1. The van der Waals surface area contributed by atoms with Gasteiger partial charge in [0.05, 0.1) is 0 Å². The third-order valence-electron chi connectivity index (χ3n) is 4.23. The highest BCUT2D eigenvalue weighted by Crippen LogP contribution is 2.13. The first-order chi connectivity index (χ1) is 14.7. The third-order valence-corrected chi connectivity index (χ3v) is 4.23. The van der Waals surface area contributed by atoms with Crippen molar-refractivity contribution >= 4 is 41.7 Å². The van der Waals surface area contributed by atoms with E-state index in [1.54, 1.807) is 12.1 Å². The van der Waals surface area contributed by atoms with Crippen LogP contribution in [-0.4, -0.2) is 42.4 Å². The fourth-order valence-electron chi connectivity index (χ4n) is 2.85. The van der Waals surface area contributed by atoms with Crippen molar-refractivity contribution < 1.29 is 14.6 Å². The van der Waals surface area contributed by atoms with E-state index < -0.39 is 11.7 Å². The molecule has 0 bridgehead atoms. The second-order valence-electron chi connectivity index (χ2n) is 8.18. The number of nitrogens with zero attached hydrogens (tertiary/aromatic N) is 1. The molecule has 0 saturated carbocycles. The van der Waals surface area contributed by atoms with E-state index in [2.05, 4.69) is 20.9 Å². The highest BCUT2D eigenvalue weighted by atomic mass is 127. The summed E-state index contributed by atoms with van der Waals surface area (Å²) in [7, 11) is 0. The van der Waals surface area contributed by atoms with Gasteiger partial charge in [0.1, 0.15) is 11.4 Å². The van der Waals surface area contributed by atoms with E-state index in [-0.39, 0.29) is 29.7 Å². The van der Waals surface area contributed by atoms with Gasteiger partial charge < -0.3 is 20.5 Å². The number of amides is 1. The molecule has 0 aliphatic heterocycles. The fraction of sp³-hybridized carbons (Fsp3) is 0.417. The van der Waals surface area contributed by atoms with Crippen molar-refractivity contribution in [2.75, 3.05) is 25.0 Å². The maximum atomic E-state index is 11.8. The Labute approximate surface area is 208 Å². The number of aliphatic imine (C=N–C) groups is 1. The Balaban J connectivity index is 0.00000512. The molecule has 0 heterocycles. The quantitative estimate of drug-likeness (QED) is 0.216. The molecule has 0 unspecified atom stereocenters. The van der Waals surface area contributed by atoms with E-state index in [0.717, 1.165) is 43.0 Å². The number of anilines is 1. The van der Waals surface area contributed by atoms with E-state index >= 15 is 0 Å². The number of nitrogens with one attached hydrogen (secondary N) is 3. The van der Waals surface area contributed by atoms with Gasteiger partial charge in [0, 0.05) is 25.3 Å². The largest absolute Gasteiger partial charge is 0.508 e. The van der Waals surface area contributed by atoms with Crippen LogP contribution in [-0.2, 0) is 17.6 Å². The molecule has 176 valence electrons. The molecule has 0 aliphatic rings. The van der Waals surface area contributed by atoms with Gasteiger partial charge in [-0.25, -0.2) is 4.79 Å². The summed E-state index contributed by atoms with van der Waals surface area (Å²) < 4.78 is 5.26. The highest BCUT2D eigenvalue weighted by molar-refractivity contribution is 14.0. The number of carbonyl (C=O) groups excluding carboxylic acids is 1. The molecule has 0 radical (unpaired) electrons. The van der Waals surface area contributed by atoms with Crippen LogP contribution in [0.4, 0.5) is 10.5 Å². The molecule has 0 atom stereocenters. The van der Waals surface area contributed by atoms with Gasteiger partial charge in [-0.2, -0.15) is 0 Å². The Bertz CT molecular complexity index is 864. The minimum absolute atomic E-state index is 0. The van der Waals surface area contributed by atoms with Crippen LogP contribution in [0.15, 0.2) is 53.5 Å². The zero-order valence-electron chi connectivity index (χ0n) is 19.3. The van der Waals surface area contributed by atoms with Gasteiger partial charge in [0.2, 0.25) is 0 Å². The zero-order chi connectivity index (χ0) is 22.7. The Morgan fingerprint density at radius 1 is 1.03 bits per heavy atom. The first-order valence-corrected chi connectivity index (χ1v) is 10.6. The monoisotopic (exact) mass is 554 g/mol. The molecule has 2 rings (SSSR count). The maximum absolute atomic E-state index is 11.8. The van der Waals surface area contributed by atoms with E-state index in [4.69, 9.17) is 4.74 Å². The molecule has 0 saturated heterocycles. The van der Waals surface area contributed by atoms with Crippen LogP contribution >= 0.6 is 24.0 Å². The number of rotatable bonds is 8. The maximum Gasteiger partial charge on any atom is 0.412 e. The number of hydrogen-bond donors (Lipinski definition) is 4. The number of benzene rings is 2. The van der Waals surface area contributed by atoms with E-state index in [1.807, 2.05) is 64.1 Å². The van der Waals surface area contributed by atoms with Crippen LogP contribution in [0.3, 0.4) is 0 Å². The second kappa shape index (κ2) is 13.8. The average molecular weight is 554 g/mol. The lowest BCUT2D eigenvalue weighted by Gasteiger charge is -2.19. The lowest BCUT2D eigenvalue weighted by Crippen LogP contribution is -2.38. The van der Waals surface area contributed by atoms with E-state index in [1.165, 1.54) is 0 Å². The number of ether oxygens (including phenoxy) is 1. The minimum atomic E-state index is -0.525. The molecule has 2 aromatic rings. The molecule has 2 aromatic carbocycles. The van der Waals surface area contributed by atoms with E-state index in [0.29, 0.717) is 12.2 Å². The van der Waals surface area contributed by atoms with Crippen LogP contribution in [0.5, 0.6) is 5.75 Å². The Kier molecular flexibility index (Phi) is 11.9. The Morgan fingerprint density at radius 2 is 1.75 bits per heavy atom. The molecule has 4 N–H and O–H groups in total. The fourth-order valence-corrected chi connectivity index (χ4v) is 2.85. The summed E-state index contributed by atoms with van der Waals surface area (Å²) in [5.41, 5.74) is 2.38. The van der Waals surface area contributed by atoms with Gasteiger partial charge in [-0.15, -0.1) is 24.0 Å². The van der Waals surface area contributed by atoms with Crippen molar-refractivity contribution in [3.63, 3.8) is 0 Å². The molecular formula is C24H35IN4O3. The normalized spacial score (nSPS) is 11.3. The van der Waals surface area contributed by atoms with Crippen LogP contribution < -0.4 is 16.0 Å². The van der Waals surface area contributed by atoms with Crippen molar-refractivity contribution in [3.8, 4) is 5.75 Å². The van der Waals surface area contributed by atoms with Gasteiger partial charge in [-0.1, -0.05) is 24.3 Å². The summed E-state index contributed by atoms with van der Waals surface area (Å²) in [5.74, 6) is 1.05. The van der Waals surface area contributed by atoms with Crippen molar-refractivity contribution in [2.24, 2.45) is 4.99 Å². The molecule has 32 heavy (non-hydrogen) atoms. The average Bonchev–Trinajstić information content (AvgIpc) is 2.68. The van der Waals surface area contributed by atoms with E-state index in [9.17, 15) is 9.90 Å². The summed E-state index contributed by atoms with van der Waals surface area (Å²) in [6, 6.07) is 15.0. The topological polar surface area (TPSA) is 95.0 Å². The summed E-state index contributed by atoms with van der Waals surface area (Å²) in [4.78, 5) is 16.5. The highest BCUT2D eigenvalue weighted by Gasteiger charge is 2.16. The van der Waals surface area contributed by atoms with Crippen LogP contribution in [0.2, 0.25) is 0 Å². The molecular weight excluding hydrogens is 519 g/mol. The summed E-state index contributed by atoms with van der Waals surface area (Å²) in [6.45, 7) is 9.67. The van der Waals surface area contributed by atoms with Crippen molar-refractivity contribution in [3.05, 3.63) is 59.7 Å². The molecule has 0 aliphatic carbocycles. The van der Waals surface area contributed by atoms with Gasteiger partial charge in [0.15, 0.2) is 5.96 Å². The van der Waals surface area contributed by atoms with Crippen LogP contribution in [0.25, 0.3) is 0 Å².